The van der Waals surface area contributed by atoms with Gasteiger partial charge in [0.1, 0.15) is 5.54 Å². The number of nitrogens with one attached hydrogen (secondary N) is 1. The summed E-state index contributed by atoms with van der Waals surface area (Å²) >= 11 is 5.97. The molecule has 2 heterocycles. The van der Waals surface area contributed by atoms with Crippen LogP contribution in [-0.2, 0) is 11.3 Å². The van der Waals surface area contributed by atoms with Crippen molar-refractivity contribution in [3.63, 3.8) is 0 Å². The topological polar surface area (TPSA) is 69.7 Å². The number of urea groups is 1. The molecule has 4 rings (SSSR count). The normalized spacial score (nSPS) is 21.8. The SMILES string of the molecule is O=C(c1cccc(Cl)c1)N1CC[C@]2(C1)NC(=O)N(Cc1ccccc1)C2=O. The zero-order valence-corrected chi connectivity index (χ0v) is 15.3. The molecule has 6 nitrogen and oxygen atoms in total. The Balaban J connectivity index is 1.51. The van der Waals surface area contributed by atoms with Crippen LogP contribution in [0.2, 0.25) is 5.02 Å². The van der Waals surface area contributed by atoms with Crippen molar-refractivity contribution in [1.29, 1.82) is 0 Å². The first-order chi connectivity index (χ1) is 13.0. The molecule has 4 amide bonds. The van der Waals surface area contributed by atoms with E-state index in [4.69, 9.17) is 11.6 Å². The number of likely N-dealkylation sites (tertiary alicyclic amines) is 1. The second-order valence-electron chi connectivity index (χ2n) is 6.88. The summed E-state index contributed by atoms with van der Waals surface area (Å²) in [5.41, 5.74) is 0.306. The Hall–Kier alpha value is -2.86. The first-order valence-electron chi connectivity index (χ1n) is 8.71. The number of imide groups is 1. The Labute approximate surface area is 161 Å². The predicted octanol–water partition coefficient (Wildman–Crippen LogP) is 2.68. The smallest absolute Gasteiger partial charge is 0.325 e. The van der Waals surface area contributed by atoms with Crippen molar-refractivity contribution in [3.05, 3.63) is 70.7 Å². The van der Waals surface area contributed by atoms with E-state index < -0.39 is 11.6 Å². The van der Waals surface area contributed by atoms with E-state index in [1.807, 2.05) is 30.3 Å². The zero-order valence-electron chi connectivity index (χ0n) is 14.5. The Morgan fingerprint density at radius 2 is 1.89 bits per heavy atom. The third kappa shape index (κ3) is 3.17. The van der Waals surface area contributed by atoms with E-state index in [2.05, 4.69) is 5.32 Å². The van der Waals surface area contributed by atoms with Gasteiger partial charge in [0.15, 0.2) is 0 Å². The van der Waals surface area contributed by atoms with Crippen LogP contribution in [0.15, 0.2) is 54.6 Å². The number of hydrogen-bond donors (Lipinski definition) is 1. The second-order valence-corrected chi connectivity index (χ2v) is 7.31. The largest absolute Gasteiger partial charge is 0.336 e. The van der Waals surface area contributed by atoms with Crippen molar-refractivity contribution in [1.82, 2.24) is 15.1 Å². The van der Waals surface area contributed by atoms with Crippen molar-refractivity contribution >= 4 is 29.4 Å². The van der Waals surface area contributed by atoms with Gasteiger partial charge in [0.25, 0.3) is 11.8 Å². The van der Waals surface area contributed by atoms with Gasteiger partial charge in [0.2, 0.25) is 0 Å². The average Bonchev–Trinajstić information content (AvgIpc) is 3.19. The molecule has 0 bridgehead atoms. The fourth-order valence-electron chi connectivity index (χ4n) is 3.65. The highest BCUT2D eigenvalue weighted by atomic mass is 35.5. The number of benzene rings is 2. The maximum absolute atomic E-state index is 13.0. The second kappa shape index (κ2) is 6.70. The highest BCUT2D eigenvalue weighted by molar-refractivity contribution is 6.31. The highest BCUT2D eigenvalue weighted by Gasteiger charge is 2.55. The number of carbonyl (C=O) groups excluding carboxylic acids is 3. The molecule has 2 aliphatic heterocycles. The summed E-state index contributed by atoms with van der Waals surface area (Å²) in [6, 6.07) is 15.6. The average molecular weight is 384 g/mol. The van der Waals surface area contributed by atoms with E-state index in [0.29, 0.717) is 23.6 Å². The van der Waals surface area contributed by atoms with Gasteiger partial charge in [-0.15, -0.1) is 0 Å². The molecule has 1 N–H and O–H groups in total. The molecule has 2 saturated heterocycles. The Kier molecular flexibility index (Phi) is 4.36. The zero-order chi connectivity index (χ0) is 19.0. The molecule has 0 saturated carbocycles. The van der Waals surface area contributed by atoms with Gasteiger partial charge in [-0.2, -0.15) is 0 Å². The number of carbonyl (C=O) groups is 3. The van der Waals surface area contributed by atoms with Crippen LogP contribution >= 0.6 is 11.6 Å². The van der Waals surface area contributed by atoms with E-state index >= 15 is 0 Å². The van der Waals surface area contributed by atoms with Crippen LogP contribution in [0, 0.1) is 0 Å². The number of amides is 4. The number of rotatable bonds is 3. The molecule has 2 aromatic rings. The lowest BCUT2D eigenvalue weighted by molar-refractivity contribution is -0.131. The molecular weight excluding hydrogens is 366 g/mol. The molecular formula is C20H18ClN3O3. The monoisotopic (exact) mass is 383 g/mol. The molecule has 1 spiro atoms. The maximum Gasteiger partial charge on any atom is 0.325 e. The molecule has 0 unspecified atom stereocenters. The van der Waals surface area contributed by atoms with Crippen molar-refractivity contribution in [2.24, 2.45) is 0 Å². The molecule has 138 valence electrons. The quantitative estimate of drug-likeness (QED) is 0.828. The Bertz CT molecular complexity index is 918. The number of halogens is 1. The van der Waals surface area contributed by atoms with Gasteiger partial charge in [-0.3, -0.25) is 14.5 Å². The predicted molar refractivity (Wildman–Crippen MR) is 100 cm³/mol. The minimum absolute atomic E-state index is 0.161. The van der Waals surface area contributed by atoms with Crippen LogP contribution in [0.3, 0.4) is 0 Å². The third-order valence-electron chi connectivity index (χ3n) is 5.06. The van der Waals surface area contributed by atoms with E-state index in [-0.39, 0.29) is 24.9 Å². The van der Waals surface area contributed by atoms with Crippen molar-refractivity contribution in [2.45, 2.75) is 18.5 Å². The third-order valence-corrected chi connectivity index (χ3v) is 5.29. The summed E-state index contributed by atoms with van der Waals surface area (Å²) in [6.07, 6.45) is 0.398. The van der Waals surface area contributed by atoms with Crippen molar-refractivity contribution in [2.75, 3.05) is 13.1 Å². The molecule has 0 radical (unpaired) electrons. The number of hydrogen-bond acceptors (Lipinski definition) is 3. The van der Waals surface area contributed by atoms with Gasteiger partial charge in [-0.05, 0) is 30.2 Å². The van der Waals surface area contributed by atoms with E-state index in [1.165, 1.54) is 4.90 Å². The minimum atomic E-state index is -1.04. The lowest BCUT2D eigenvalue weighted by Gasteiger charge is -2.22. The molecule has 2 aromatic carbocycles. The lowest BCUT2D eigenvalue weighted by Crippen LogP contribution is -2.49. The van der Waals surface area contributed by atoms with Crippen LogP contribution in [0.4, 0.5) is 4.79 Å². The Morgan fingerprint density at radius 1 is 1.11 bits per heavy atom. The minimum Gasteiger partial charge on any atom is -0.336 e. The summed E-state index contributed by atoms with van der Waals surface area (Å²) in [4.78, 5) is 40.9. The summed E-state index contributed by atoms with van der Waals surface area (Å²) in [6.45, 7) is 0.778. The summed E-state index contributed by atoms with van der Waals surface area (Å²) in [5, 5.41) is 3.30. The molecule has 0 aromatic heterocycles. The van der Waals surface area contributed by atoms with Crippen LogP contribution < -0.4 is 5.32 Å². The van der Waals surface area contributed by atoms with Crippen molar-refractivity contribution < 1.29 is 14.4 Å². The molecule has 2 aliphatic rings. The van der Waals surface area contributed by atoms with Gasteiger partial charge in [-0.1, -0.05) is 48.0 Å². The van der Waals surface area contributed by atoms with Crippen LogP contribution in [0.25, 0.3) is 0 Å². The first kappa shape index (κ1) is 17.5. The fraction of sp³-hybridized carbons (Fsp3) is 0.250. The highest BCUT2D eigenvalue weighted by Crippen LogP contribution is 2.30. The van der Waals surface area contributed by atoms with Crippen LogP contribution in [0.1, 0.15) is 22.3 Å². The van der Waals surface area contributed by atoms with E-state index in [1.54, 1.807) is 29.2 Å². The van der Waals surface area contributed by atoms with Crippen molar-refractivity contribution in [3.8, 4) is 0 Å². The first-order valence-corrected chi connectivity index (χ1v) is 9.09. The van der Waals surface area contributed by atoms with Gasteiger partial charge in [0, 0.05) is 17.1 Å². The molecule has 27 heavy (non-hydrogen) atoms. The van der Waals surface area contributed by atoms with Gasteiger partial charge >= 0.3 is 6.03 Å². The summed E-state index contributed by atoms with van der Waals surface area (Å²) in [5.74, 6) is -0.476. The Morgan fingerprint density at radius 3 is 2.63 bits per heavy atom. The summed E-state index contributed by atoms with van der Waals surface area (Å²) in [7, 11) is 0. The van der Waals surface area contributed by atoms with Gasteiger partial charge in [0.05, 0.1) is 13.1 Å². The molecule has 1 atom stereocenters. The molecule has 0 aliphatic carbocycles. The van der Waals surface area contributed by atoms with Gasteiger partial charge < -0.3 is 10.2 Å². The maximum atomic E-state index is 13.0. The van der Waals surface area contributed by atoms with Crippen LogP contribution in [-0.4, -0.2) is 46.3 Å². The summed E-state index contributed by atoms with van der Waals surface area (Å²) < 4.78 is 0. The van der Waals surface area contributed by atoms with E-state index in [9.17, 15) is 14.4 Å². The molecule has 2 fully saturated rings. The fourth-order valence-corrected chi connectivity index (χ4v) is 3.84. The number of nitrogens with zero attached hydrogens (tertiary/aromatic N) is 2. The lowest BCUT2D eigenvalue weighted by atomic mass is 9.99. The molecule has 7 heteroatoms. The van der Waals surface area contributed by atoms with Crippen LogP contribution in [0.5, 0.6) is 0 Å². The van der Waals surface area contributed by atoms with Gasteiger partial charge in [-0.25, -0.2) is 4.79 Å². The van der Waals surface area contributed by atoms with E-state index in [0.717, 1.165) is 5.56 Å². The standard InChI is InChI=1S/C20H18ClN3O3/c21-16-8-4-7-15(11-16)17(25)23-10-9-20(13-23)18(26)24(19(27)22-20)12-14-5-2-1-3-6-14/h1-8,11H,9-10,12-13H2,(H,22,27)/t20-/m1/s1.